The molecule has 0 saturated heterocycles. The highest BCUT2D eigenvalue weighted by Crippen LogP contribution is 2.62. The second-order valence-corrected chi connectivity index (χ2v) is 18.5. The van der Waals surface area contributed by atoms with E-state index in [0.717, 1.165) is 58.7 Å². The lowest BCUT2D eigenvalue weighted by atomic mass is 9.55. The number of rotatable bonds is 21. The van der Waals surface area contributed by atoms with Crippen LogP contribution in [0.3, 0.4) is 0 Å². The maximum atomic E-state index is 14.5. The molecule has 1 aliphatic heterocycles. The van der Waals surface area contributed by atoms with Gasteiger partial charge >= 0.3 is 6.09 Å². The van der Waals surface area contributed by atoms with Gasteiger partial charge in [-0.15, -0.1) is 18.3 Å². The molecule has 0 aromatic heterocycles. The first-order valence-electron chi connectivity index (χ1n) is 22.0. The Bertz CT molecular complexity index is 1950. The summed E-state index contributed by atoms with van der Waals surface area (Å²) in [5.74, 6) is 0.301. The number of ether oxygens (including phenoxy) is 4. The van der Waals surface area contributed by atoms with E-state index in [4.69, 9.17) is 28.9 Å². The number of fused-ring (bicyclic) bond motifs is 2. The second kappa shape index (κ2) is 21.7. The highest BCUT2D eigenvalue weighted by atomic mass is 32.2. The number of oxime groups is 1. The topological polar surface area (TPSA) is 119 Å². The van der Waals surface area contributed by atoms with Crippen LogP contribution in [-0.2, 0) is 20.9 Å². The Hall–Kier alpha value is -4.29. The lowest BCUT2D eigenvalue weighted by molar-refractivity contribution is -0.255. The van der Waals surface area contributed by atoms with Crippen molar-refractivity contribution in [3.8, 4) is 17.2 Å². The van der Waals surface area contributed by atoms with Crippen LogP contribution in [0.2, 0.25) is 0 Å². The molecule has 2 N–H and O–H groups in total. The van der Waals surface area contributed by atoms with Crippen LogP contribution in [0.5, 0.6) is 17.2 Å². The second-order valence-electron chi connectivity index (χ2n) is 17.6. The fourth-order valence-corrected chi connectivity index (χ4v) is 9.64. The van der Waals surface area contributed by atoms with E-state index >= 15 is 0 Å². The molecule has 6 rings (SSSR count). The van der Waals surface area contributed by atoms with E-state index in [1.54, 1.807) is 22.7 Å². The molecular weight excluding hydrogens is 789 g/mol. The fraction of sp³-hybridized carbons (Fsp3) is 0.520. The number of carbonyl (C=O) groups is 1. The summed E-state index contributed by atoms with van der Waals surface area (Å²) in [6.07, 6.45) is 11.4. The average Bonchev–Trinajstić information content (AvgIpc) is 3.26. The molecule has 3 aliphatic rings. The smallest absolute Gasteiger partial charge is 0.410 e. The lowest BCUT2D eigenvalue weighted by Crippen LogP contribution is -2.70. The minimum absolute atomic E-state index is 0.0853. The number of aliphatic hydroxyl groups is 2. The van der Waals surface area contributed by atoms with Gasteiger partial charge in [-0.05, 0) is 109 Å². The maximum Gasteiger partial charge on any atom is 0.410 e. The summed E-state index contributed by atoms with van der Waals surface area (Å²) in [7, 11) is 0. The van der Waals surface area contributed by atoms with E-state index < -0.39 is 23.8 Å². The van der Waals surface area contributed by atoms with Crippen LogP contribution < -0.4 is 9.47 Å². The van der Waals surface area contributed by atoms with E-state index in [-0.39, 0.29) is 56.2 Å². The summed E-state index contributed by atoms with van der Waals surface area (Å²) in [5, 5.41) is 24.9. The number of amides is 1. The van der Waals surface area contributed by atoms with Crippen molar-refractivity contribution in [2.75, 3.05) is 39.2 Å². The largest absolute Gasteiger partial charge is 0.459 e. The normalized spacial score (nSPS) is 23.6. The third-order valence-electron chi connectivity index (χ3n) is 11.9. The van der Waals surface area contributed by atoms with Crippen LogP contribution in [0.25, 0.3) is 0 Å². The van der Waals surface area contributed by atoms with E-state index in [1.165, 1.54) is 0 Å². The Morgan fingerprint density at radius 3 is 2.39 bits per heavy atom. The van der Waals surface area contributed by atoms with Gasteiger partial charge in [0.2, 0.25) is 5.79 Å². The van der Waals surface area contributed by atoms with Crippen molar-refractivity contribution < 1.29 is 38.8 Å². The van der Waals surface area contributed by atoms with Crippen LogP contribution in [0.1, 0.15) is 96.1 Å². The van der Waals surface area contributed by atoms with Crippen molar-refractivity contribution in [3.05, 3.63) is 108 Å². The zero-order valence-electron chi connectivity index (χ0n) is 36.7. The molecule has 61 heavy (non-hydrogen) atoms. The molecule has 1 amide bonds. The number of unbranched alkanes of at least 4 members (excludes halogenated alkanes) is 2. The van der Waals surface area contributed by atoms with Crippen molar-refractivity contribution in [3.63, 3.8) is 0 Å². The van der Waals surface area contributed by atoms with Crippen molar-refractivity contribution in [2.24, 2.45) is 28.3 Å². The van der Waals surface area contributed by atoms with Gasteiger partial charge in [0.25, 0.3) is 0 Å². The van der Waals surface area contributed by atoms with Gasteiger partial charge in [-0.3, -0.25) is 4.90 Å². The summed E-state index contributed by atoms with van der Waals surface area (Å²) in [5.41, 5.74) is 3.47. The SMILES string of the molecule is C=CCOC12Oc3ccc(Oc4ccc(SC)cc4)cc3C3C(CCCCO)C(CCCCO)C=C(C(=NOCc4ccccc4)CC1N(CCC)C(=O)OCC(C)(C)C)C32. The van der Waals surface area contributed by atoms with E-state index in [2.05, 4.69) is 44.0 Å². The summed E-state index contributed by atoms with van der Waals surface area (Å²) in [6, 6.07) is 23.4. The van der Waals surface area contributed by atoms with E-state index in [1.807, 2.05) is 75.4 Å². The maximum absolute atomic E-state index is 14.5. The Morgan fingerprint density at radius 1 is 1.00 bits per heavy atom. The molecule has 1 heterocycles. The molecule has 11 heteroatoms. The van der Waals surface area contributed by atoms with Crippen LogP contribution in [0.4, 0.5) is 4.79 Å². The van der Waals surface area contributed by atoms with Crippen molar-refractivity contribution >= 4 is 23.6 Å². The summed E-state index contributed by atoms with van der Waals surface area (Å²) in [6.45, 7) is 13.6. The highest BCUT2D eigenvalue weighted by molar-refractivity contribution is 7.98. The van der Waals surface area contributed by atoms with Gasteiger partial charge in [0.1, 0.15) is 29.9 Å². The average molecular weight is 855 g/mol. The molecule has 6 unspecified atom stereocenters. The quantitative estimate of drug-likeness (QED) is 0.0467. The predicted molar refractivity (Wildman–Crippen MR) is 242 cm³/mol. The molecule has 0 spiro atoms. The zero-order chi connectivity index (χ0) is 43.4. The molecule has 3 aromatic carbocycles. The molecule has 0 radical (unpaired) electrons. The van der Waals surface area contributed by atoms with Gasteiger partial charge in [0.05, 0.1) is 24.8 Å². The van der Waals surface area contributed by atoms with Crippen LogP contribution in [0, 0.1) is 23.2 Å². The van der Waals surface area contributed by atoms with Crippen molar-refractivity contribution in [2.45, 2.75) is 108 Å². The number of hydrogen-bond donors (Lipinski definition) is 2. The molecule has 330 valence electrons. The van der Waals surface area contributed by atoms with E-state index in [9.17, 15) is 15.0 Å². The molecule has 1 saturated carbocycles. The lowest BCUT2D eigenvalue weighted by Gasteiger charge is -2.60. The number of benzene rings is 3. The summed E-state index contributed by atoms with van der Waals surface area (Å²) >= 11 is 1.68. The molecule has 1 fully saturated rings. The summed E-state index contributed by atoms with van der Waals surface area (Å²) in [4.78, 5) is 23.7. The first kappa shape index (κ1) is 46.2. The van der Waals surface area contributed by atoms with Crippen LogP contribution in [-0.4, -0.2) is 78.0 Å². The zero-order valence-corrected chi connectivity index (χ0v) is 37.5. The first-order valence-corrected chi connectivity index (χ1v) is 23.3. The predicted octanol–water partition coefficient (Wildman–Crippen LogP) is 10.9. The van der Waals surface area contributed by atoms with E-state index in [0.29, 0.717) is 43.7 Å². The number of allylic oxidation sites excluding steroid dienone is 1. The van der Waals surface area contributed by atoms with Crippen LogP contribution in [0.15, 0.2) is 107 Å². The minimum atomic E-state index is -1.37. The highest BCUT2D eigenvalue weighted by Gasteiger charge is 2.65. The third-order valence-corrected chi connectivity index (χ3v) is 12.6. The third kappa shape index (κ3) is 11.2. The van der Waals surface area contributed by atoms with Crippen molar-refractivity contribution in [1.29, 1.82) is 0 Å². The summed E-state index contributed by atoms with van der Waals surface area (Å²) < 4.78 is 27.1. The number of hydrogen-bond acceptors (Lipinski definition) is 10. The van der Waals surface area contributed by atoms with Gasteiger partial charge in [-0.2, -0.15) is 0 Å². The molecule has 0 bridgehead atoms. The van der Waals surface area contributed by atoms with Crippen LogP contribution >= 0.6 is 11.8 Å². The number of aliphatic hydroxyl groups excluding tert-OH is 2. The number of carbonyl (C=O) groups excluding carboxylic acids is 1. The van der Waals surface area contributed by atoms with Gasteiger partial charge in [0.15, 0.2) is 0 Å². The Morgan fingerprint density at radius 2 is 1.72 bits per heavy atom. The van der Waals surface area contributed by atoms with Gasteiger partial charge < -0.3 is 34.0 Å². The fourth-order valence-electron chi connectivity index (χ4n) is 9.23. The Labute approximate surface area is 367 Å². The van der Waals surface area contributed by atoms with Gasteiger partial charge in [-0.1, -0.05) is 88.2 Å². The standard InChI is InChI=1S/C50H66N2O8S/c1-7-26-52(48(55)56-34-49(3,4)5)45-32-43(51-58-33-35-16-10-9-11-17-35)41-30-36(18-12-14-27-53)40(19-13-15-28-54)46-42-31-38(59-37-20-23-39(61-6)24-21-37)22-25-44(42)60-50(45,47(41)46)57-29-8-2/h8-11,16-17,20-25,30-31,36,40,45-47,53-54H,2,7,12-15,18-19,26-29,32-34H2,1,3-6H3. The molecule has 3 aromatic rings. The van der Waals surface area contributed by atoms with Crippen molar-refractivity contribution in [1.82, 2.24) is 4.90 Å². The molecule has 10 nitrogen and oxygen atoms in total. The molecule has 2 aliphatic carbocycles. The first-order chi connectivity index (χ1) is 29.5. The van der Waals surface area contributed by atoms with Gasteiger partial charge in [-0.25, -0.2) is 4.79 Å². The number of thioether (sulfide) groups is 1. The Kier molecular flexibility index (Phi) is 16.4. The number of nitrogens with zero attached hydrogens (tertiary/aromatic N) is 2. The molecule has 6 atom stereocenters. The Balaban J connectivity index is 1.57. The van der Waals surface area contributed by atoms with Gasteiger partial charge in [0, 0.05) is 42.6 Å². The molecular formula is C50H66N2O8S. The monoisotopic (exact) mass is 854 g/mol. The minimum Gasteiger partial charge on any atom is -0.459 e.